The van der Waals surface area contributed by atoms with Gasteiger partial charge in [0.15, 0.2) is 0 Å². The van der Waals surface area contributed by atoms with Gasteiger partial charge in [0.05, 0.1) is 0 Å². The lowest BCUT2D eigenvalue weighted by Gasteiger charge is -2.24. The highest BCUT2D eigenvalue weighted by atomic mass is 28.5. The Labute approximate surface area is 73.1 Å². The lowest BCUT2D eigenvalue weighted by molar-refractivity contribution is -0.436. The van der Waals surface area contributed by atoms with E-state index in [0.29, 0.717) is 0 Å². The van der Waals surface area contributed by atoms with Crippen molar-refractivity contribution in [3.63, 3.8) is 0 Å². The minimum atomic E-state index is -5.41. The normalized spacial score (nSPS) is 14.8. The average molecular weight is 236 g/mol. The van der Waals surface area contributed by atoms with E-state index in [1.54, 1.807) is 0 Å². The highest BCUT2D eigenvalue weighted by Gasteiger charge is 2.53. The first-order valence-corrected chi connectivity index (χ1v) is 6.07. The molecule has 0 heterocycles. The maximum Gasteiger partial charge on any atom is 0.674 e. The predicted molar refractivity (Wildman–Crippen MR) is 34.2 cm³/mol. The van der Waals surface area contributed by atoms with Gasteiger partial charge < -0.3 is 43.4 Å². The summed E-state index contributed by atoms with van der Waals surface area (Å²) in [6.07, 6.45) is -3.92. The molecule has 8 N–H and O–H groups in total. The summed E-state index contributed by atoms with van der Waals surface area (Å²) in [5.74, 6) is 0. The third-order valence-electron chi connectivity index (χ3n) is 0.540. The summed E-state index contributed by atoms with van der Waals surface area (Å²) in [6, 6.07) is 0. The molecule has 0 aliphatic heterocycles. The predicted octanol–water partition coefficient (Wildman–Crippen LogP) is -5.56. The first-order chi connectivity index (χ1) is 5.41. The van der Waals surface area contributed by atoms with Crippen LogP contribution >= 0.6 is 0 Å². The van der Waals surface area contributed by atoms with Crippen LogP contribution in [0.15, 0.2) is 0 Å². The molecule has 80 valence electrons. The first-order valence-electron chi connectivity index (χ1n) is 2.61. The van der Waals surface area contributed by atoms with E-state index in [-0.39, 0.29) is 0 Å². The van der Waals surface area contributed by atoms with Gasteiger partial charge in [-0.25, -0.2) is 0 Å². The zero-order valence-corrected chi connectivity index (χ0v) is 7.89. The zero-order chi connectivity index (χ0) is 10.9. The minimum absolute atomic E-state index is 3.25. The molecule has 0 aromatic heterocycles. The molecule has 0 atom stereocenters. The summed E-state index contributed by atoms with van der Waals surface area (Å²) in [7, 11) is -10.7. The molecule has 10 nitrogen and oxygen atoms in total. The molecule has 0 spiro atoms. The van der Waals surface area contributed by atoms with Crippen LogP contribution in [0.25, 0.3) is 0 Å². The van der Waals surface area contributed by atoms with Crippen LogP contribution in [0, 0.1) is 0 Å². The van der Waals surface area contributed by atoms with Crippen molar-refractivity contribution in [1.82, 2.24) is 0 Å². The van der Waals surface area contributed by atoms with Crippen LogP contribution in [0.4, 0.5) is 0 Å². The molecule has 0 radical (unpaired) electrons. The Morgan fingerprint density at radius 1 is 0.846 bits per heavy atom. The molecule has 0 aliphatic rings. The quantitative estimate of drug-likeness (QED) is 0.173. The number of hydrogen-bond donors (Lipinski definition) is 8. The van der Waals surface area contributed by atoms with Crippen LogP contribution < -0.4 is 0 Å². The first kappa shape index (κ1) is 13.0. The fraction of sp³-hybridized carbons (Fsp3) is 1.00. The Kier molecular flexibility index (Phi) is 3.66. The molecule has 0 saturated carbocycles. The third kappa shape index (κ3) is 8.37. The summed E-state index contributed by atoms with van der Waals surface area (Å²) in [4.78, 5) is 41.5. The van der Waals surface area contributed by atoms with Gasteiger partial charge >= 0.3 is 24.3 Å². The van der Waals surface area contributed by atoms with Gasteiger partial charge in [0.25, 0.3) is 0 Å². The molecule has 0 bridgehead atoms. The van der Waals surface area contributed by atoms with E-state index in [4.69, 9.17) is 39.3 Å². The molecule has 0 aromatic carbocycles. The van der Waals surface area contributed by atoms with Crippen LogP contribution in [0.1, 0.15) is 0 Å². The number of hydrogen-bond acceptors (Lipinski definition) is 10. The standard InChI is InChI=1S/CH8O10Si2/c2-1(3,4)10-13(8,9)11-12(5,6)7/h2-9H. The van der Waals surface area contributed by atoms with E-state index in [9.17, 15) is 0 Å². The van der Waals surface area contributed by atoms with Crippen LogP contribution in [0.5, 0.6) is 0 Å². The van der Waals surface area contributed by atoms with E-state index in [0.717, 1.165) is 0 Å². The van der Waals surface area contributed by atoms with Crippen molar-refractivity contribution >= 4 is 18.1 Å². The largest absolute Gasteiger partial charge is 0.674 e. The summed E-state index contributed by atoms with van der Waals surface area (Å²) >= 11 is 0. The van der Waals surface area contributed by atoms with Gasteiger partial charge in [0, 0.05) is 0 Å². The Bertz CT molecular complexity index is 145. The van der Waals surface area contributed by atoms with Gasteiger partial charge in [-0.15, -0.1) is 0 Å². The molecule has 0 aliphatic carbocycles. The van der Waals surface area contributed by atoms with E-state index in [2.05, 4.69) is 8.54 Å². The van der Waals surface area contributed by atoms with Crippen LogP contribution in [-0.4, -0.2) is 63.6 Å². The monoisotopic (exact) mass is 236 g/mol. The van der Waals surface area contributed by atoms with Gasteiger partial charge in [0.2, 0.25) is 0 Å². The maximum absolute atomic E-state index is 8.51. The van der Waals surface area contributed by atoms with Crippen LogP contribution in [0.2, 0.25) is 0 Å². The van der Waals surface area contributed by atoms with Crippen molar-refractivity contribution < 1.29 is 47.8 Å². The molecule has 0 fully saturated rings. The van der Waals surface area contributed by atoms with Crippen LogP contribution in [-0.2, 0) is 8.54 Å². The fourth-order valence-electron chi connectivity index (χ4n) is 0.378. The summed E-state index contributed by atoms with van der Waals surface area (Å²) < 4.78 is 6.60. The van der Waals surface area contributed by atoms with Gasteiger partial charge in [-0.1, -0.05) is 0 Å². The van der Waals surface area contributed by atoms with E-state index < -0.39 is 24.3 Å². The van der Waals surface area contributed by atoms with Crippen molar-refractivity contribution in [3.8, 4) is 0 Å². The molecule has 0 aromatic rings. The molecule has 0 amide bonds. The highest BCUT2D eigenvalue weighted by Crippen LogP contribution is 2.09. The molecule has 13 heavy (non-hydrogen) atoms. The average Bonchev–Trinajstić information content (AvgIpc) is 1.43. The topological polar surface area (TPSA) is 180 Å². The fourth-order valence-corrected chi connectivity index (χ4v) is 2.33. The molecule has 0 rings (SSSR count). The second-order valence-electron chi connectivity index (χ2n) is 1.90. The van der Waals surface area contributed by atoms with Gasteiger partial charge in [-0.05, 0) is 0 Å². The Morgan fingerprint density at radius 3 is 1.46 bits per heavy atom. The van der Waals surface area contributed by atoms with Crippen molar-refractivity contribution in [1.29, 1.82) is 0 Å². The van der Waals surface area contributed by atoms with Gasteiger partial charge in [0.1, 0.15) is 0 Å². The van der Waals surface area contributed by atoms with Gasteiger partial charge in [-0.2, -0.15) is 0 Å². The molecular formula is CH8O10Si2. The van der Waals surface area contributed by atoms with E-state index in [1.807, 2.05) is 0 Å². The zero-order valence-electron chi connectivity index (χ0n) is 5.89. The molecular weight excluding hydrogens is 228 g/mol. The molecule has 0 saturated heterocycles. The third-order valence-corrected chi connectivity index (χ3v) is 3.24. The van der Waals surface area contributed by atoms with E-state index >= 15 is 0 Å². The second kappa shape index (κ2) is 3.65. The van der Waals surface area contributed by atoms with Crippen LogP contribution in [0.3, 0.4) is 0 Å². The Hall–Kier alpha value is 0.0338. The second-order valence-corrected chi connectivity index (χ2v) is 5.17. The summed E-state index contributed by atoms with van der Waals surface area (Å²) in [6.45, 7) is 0. The van der Waals surface area contributed by atoms with Crippen molar-refractivity contribution in [2.24, 2.45) is 0 Å². The molecule has 0 unspecified atom stereocenters. The van der Waals surface area contributed by atoms with Crippen molar-refractivity contribution in [3.05, 3.63) is 0 Å². The summed E-state index contributed by atoms with van der Waals surface area (Å²) in [5.41, 5.74) is 0. The maximum atomic E-state index is 8.51. The Morgan fingerprint density at radius 2 is 1.23 bits per heavy atom. The number of aliphatic hydroxyl groups is 3. The van der Waals surface area contributed by atoms with Crippen molar-refractivity contribution in [2.45, 2.75) is 6.16 Å². The lowest BCUT2D eigenvalue weighted by atomic mass is 11.2. The minimum Gasteiger partial charge on any atom is -0.368 e. The van der Waals surface area contributed by atoms with Gasteiger partial charge in [-0.3, -0.25) is 4.43 Å². The SMILES string of the molecule is OC(O)(O)O[Si](O)(O)O[Si](O)(O)O. The summed E-state index contributed by atoms with van der Waals surface area (Å²) in [5, 5.41) is 24.1. The highest BCUT2D eigenvalue weighted by molar-refractivity contribution is 6.64. The lowest BCUT2D eigenvalue weighted by Crippen LogP contribution is -2.59. The molecule has 12 heteroatoms. The number of rotatable bonds is 4. The van der Waals surface area contributed by atoms with Crippen molar-refractivity contribution in [2.75, 3.05) is 0 Å². The Balaban J connectivity index is 4.25. The van der Waals surface area contributed by atoms with E-state index in [1.165, 1.54) is 0 Å². The smallest absolute Gasteiger partial charge is 0.368 e.